The van der Waals surface area contributed by atoms with E-state index in [1.807, 2.05) is 24.3 Å². The number of benzene rings is 1. The molecule has 0 saturated heterocycles. The van der Waals surface area contributed by atoms with Gasteiger partial charge in [0.15, 0.2) is 0 Å². The van der Waals surface area contributed by atoms with Crippen LogP contribution in [0, 0.1) is 0 Å². The molecule has 0 bridgehead atoms. The lowest BCUT2D eigenvalue weighted by Gasteiger charge is -2.03. The number of anilines is 1. The van der Waals surface area contributed by atoms with Crippen molar-refractivity contribution in [1.82, 2.24) is 9.78 Å². The summed E-state index contributed by atoms with van der Waals surface area (Å²) in [5, 5.41) is 7.47. The first-order valence-corrected chi connectivity index (χ1v) is 6.46. The molecule has 104 valence electrons. The quantitative estimate of drug-likeness (QED) is 0.884. The summed E-state index contributed by atoms with van der Waals surface area (Å²) in [6.45, 7) is 0.816. The largest absolute Gasteiger partial charge is 0.497 e. The van der Waals surface area contributed by atoms with E-state index in [0.29, 0.717) is 6.42 Å². The third kappa shape index (κ3) is 2.09. The minimum Gasteiger partial charge on any atom is -0.497 e. The molecule has 1 aliphatic heterocycles. The van der Waals surface area contributed by atoms with E-state index in [-0.39, 0.29) is 0 Å². The number of aromatic nitrogens is 2. The minimum absolute atomic E-state index is 0.559. The van der Waals surface area contributed by atoms with Crippen molar-refractivity contribution in [2.24, 2.45) is 5.73 Å². The van der Waals surface area contributed by atoms with Crippen molar-refractivity contribution in [1.29, 1.82) is 0 Å². The van der Waals surface area contributed by atoms with Crippen molar-refractivity contribution in [3.63, 3.8) is 0 Å². The first-order valence-electron chi connectivity index (χ1n) is 6.46. The molecule has 2 aromatic rings. The van der Waals surface area contributed by atoms with Crippen LogP contribution < -0.4 is 15.8 Å². The van der Waals surface area contributed by atoms with Crippen LogP contribution in [0.3, 0.4) is 0 Å². The third-order valence-electron chi connectivity index (χ3n) is 3.47. The molecule has 0 aliphatic carbocycles. The Bertz CT molecular complexity index is 646. The Hall–Kier alpha value is -2.50. The smallest absolute Gasteiger partial charge is 0.341 e. The molecule has 1 aromatic heterocycles. The summed E-state index contributed by atoms with van der Waals surface area (Å²) >= 11 is 0. The van der Waals surface area contributed by atoms with Crippen molar-refractivity contribution < 1.29 is 9.53 Å². The maximum absolute atomic E-state index is 11.4. The number of nitrogens with two attached hydrogens (primary N) is 1. The van der Waals surface area contributed by atoms with Crippen molar-refractivity contribution in [2.45, 2.75) is 12.8 Å². The topological polar surface area (TPSA) is 82.2 Å². The number of fused-ring (bicyclic) bond motifs is 1. The van der Waals surface area contributed by atoms with Gasteiger partial charge < -0.3 is 15.8 Å². The normalized spacial score (nSPS) is 12.8. The Morgan fingerprint density at radius 3 is 2.85 bits per heavy atom. The summed E-state index contributed by atoms with van der Waals surface area (Å²) in [5.74, 6) is 1.56. The van der Waals surface area contributed by atoms with Crippen molar-refractivity contribution in [2.75, 3.05) is 19.0 Å². The Labute approximate surface area is 116 Å². The number of nitrogens with one attached hydrogen (secondary N) is 1. The molecule has 0 spiro atoms. The van der Waals surface area contributed by atoms with Crippen LogP contribution in [0.15, 0.2) is 24.3 Å². The number of amides is 1. The van der Waals surface area contributed by atoms with Gasteiger partial charge >= 0.3 is 6.03 Å². The van der Waals surface area contributed by atoms with Crippen molar-refractivity contribution in [3.05, 3.63) is 41.1 Å². The van der Waals surface area contributed by atoms with Crippen LogP contribution in [0.1, 0.15) is 16.8 Å². The van der Waals surface area contributed by atoms with E-state index >= 15 is 0 Å². The zero-order chi connectivity index (χ0) is 14.1. The summed E-state index contributed by atoms with van der Waals surface area (Å²) in [7, 11) is 1.64. The molecule has 1 aliphatic rings. The summed E-state index contributed by atoms with van der Waals surface area (Å²) in [6, 6.07) is 7.27. The van der Waals surface area contributed by atoms with E-state index in [2.05, 4.69) is 10.4 Å². The molecule has 3 N–H and O–H groups in total. The highest BCUT2D eigenvalue weighted by molar-refractivity contribution is 5.79. The highest BCUT2D eigenvalue weighted by Crippen LogP contribution is 2.27. The second kappa shape index (κ2) is 4.88. The van der Waals surface area contributed by atoms with Gasteiger partial charge in [0.05, 0.1) is 12.8 Å². The van der Waals surface area contributed by atoms with Gasteiger partial charge in [0.25, 0.3) is 0 Å². The monoisotopic (exact) mass is 272 g/mol. The van der Waals surface area contributed by atoms with Crippen LogP contribution in [0.5, 0.6) is 5.75 Å². The van der Waals surface area contributed by atoms with Crippen LogP contribution in [0.2, 0.25) is 0 Å². The predicted molar refractivity (Wildman–Crippen MR) is 75.2 cm³/mol. The van der Waals surface area contributed by atoms with Gasteiger partial charge in [-0.15, -0.1) is 0 Å². The van der Waals surface area contributed by atoms with Gasteiger partial charge in [-0.25, -0.2) is 4.79 Å². The van der Waals surface area contributed by atoms with Crippen LogP contribution >= 0.6 is 0 Å². The number of primary amides is 1. The van der Waals surface area contributed by atoms with Gasteiger partial charge in [-0.3, -0.25) is 0 Å². The standard InChI is InChI=1S/C14H16N4O2/c1-20-10-4-2-9(3-5-10)8-12-11-6-7-16-13(11)18(17-12)14(15)19/h2-5,16H,6-8H2,1H3,(H2,15,19). The first kappa shape index (κ1) is 12.5. The molecule has 1 amide bonds. The molecule has 3 rings (SSSR count). The number of carbonyl (C=O) groups excluding carboxylic acids is 1. The van der Waals surface area contributed by atoms with Crippen LogP contribution in [-0.4, -0.2) is 29.5 Å². The molecule has 6 heteroatoms. The molecular formula is C14H16N4O2. The van der Waals surface area contributed by atoms with Crippen LogP contribution in [-0.2, 0) is 12.8 Å². The summed E-state index contributed by atoms with van der Waals surface area (Å²) in [6.07, 6.45) is 1.54. The molecule has 0 fully saturated rings. The second-order valence-electron chi connectivity index (χ2n) is 4.73. The minimum atomic E-state index is -0.559. The fraction of sp³-hybridized carbons (Fsp3) is 0.286. The molecule has 1 aromatic carbocycles. The second-order valence-corrected chi connectivity index (χ2v) is 4.73. The van der Waals surface area contributed by atoms with Crippen LogP contribution in [0.25, 0.3) is 0 Å². The van der Waals surface area contributed by atoms with E-state index in [4.69, 9.17) is 10.5 Å². The predicted octanol–water partition coefficient (Wildman–Crippen LogP) is 1.38. The summed E-state index contributed by atoms with van der Waals surface area (Å²) in [4.78, 5) is 11.4. The lowest BCUT2D eigenvalue weighted by Crippen LogP contribution is -2.22. The fourth-order valence-corrected chi connectivity index (χ4v) is 2.48. The highest BCUT2D eigenvalue weighted by atomic mass is 16.5. The van der Waals surface area contributed by atoms with E-state index in [9.17, 15) is 4.79 Å². The van der Waals surface area contributed by atoms with Gasteiger partial charge in [0.2, 0.25) is 0 Å². The Morgan fingerprint density at radius 1 is 1.45 bits per heavy atom. The average molecular weight is 272 g/mol. The van der Waals surface area contributed by atoms with Gasteiger partial charge in [-0.1, -0.05) is 12.1 Å². The third-order valence-corrected chi connectivity index (χ3v) is 3.47. The Kier molecular flexibility index (Phi) is 3.06. The molecule has 0 saturated carbocycles. The van der Waals surface area contributed by atoms with Gasteiger partial charge in [0, 0.05) is 18.5 Å². The van der Waals surface area contributed by atoms with E-state index < -0.39 is 6.03 Å². The van der Waals surface area contributed by atoms with E-state index in [1.54, 1.807) is 7.11 Å². The van der Waals surface area contributed by atoms with Gasteiger partial charge in [-0.05, 0) is 24.1 Å². The zero-order valence-corrected chi connectivity index (χ0v) is 11.2. The fourth-order valence-electron chi connectivity index (χ4n) is 2.48. The highest BCUT2D eigenvalue weighted by Gasteiger charge is 2.24. The summed E-state index contributed by atoms with van der Waals surface area (Å²) < 4.78 is 6.39. The molecule has 6 nitrogen and oxygen atoms in total. The lowest BCUT2D eigenvalue weighted by molar-refractivity contribution is 0.248. The molecule has 0 unspecified atom stereocenters. The lowest BCUT2D eigenvalue weighted by atomic mass is 10.1. The number of nitrogens with zero attached hydrogens (tertiary/aromatic N) is 2. The maximum Gasteiger partial charge on any atom is 0.341 e. The SMILES string of the molecule is COc1ccc(Cc2nn(C(N)=O)c3c2CCN3)cc1. The van der Waals surface area contributed by atoms with Gasteiger partial charge in [-0.2, -0.15) is 9.78 Å². The number of hydrogen-bond acceptors (Lipinski definition) is 4. The van der Waals surface area contributed by atoms with Crippen molar-refractivity contribution in [3.8, 4) is 5.75 Å². The Balaban J connectivity index is 1.90. The van der Waals surface area contributed by atoms with Crippen molar-refractivity contribution >= 4 is 11.8 Å². The maximum atomic E-state index is 11.4. The van der Waals surface area contributed by atoms with E-state index in [1.165, 1.54) is 4.68 Å². The first-order chi connectivity index (χ1) is 9.69. The number of hydrogen-bond donors (Lipinski definition) is 2. The number of rotatable bonds is 3. The molecule has 0 atom stereocenters. The van der Waals surface area contributed by atoms with Crippen LogP contribution in [0.4, 0.5) is 10.6 Å². The molecule has 0 radical (unpaired) electrons. The van der Waals surface area contributed by atoms with E-state index in [0.717, 1.165) is 41.4 Å². The molecule has 20 heavy (non-hydrogen) atoms. The molecule has 2 heterocycles. The average Bonchev–Trinajstić information content (AvgIpc) is 3.03. The summed E-state index contributed by atoms with van der Waals surface area (Å²) in [5.41, 5.74) is 8.44. The number of ether oxygens (including phenoxy) is 1. The number of carbonyl (C=O) groups is 1. The Morgan fingerprint density at radius 2 is 2.20 bits per heavy atom. The molecular weight excluding hydrogens is 256 g/mol. The number of methoxy groups -OCH3 is 1. The van der Waals surface area contributed by atoms with Gasteiger partial charge in [0.1, 0.15) is 11.6 Å². The zero-order valence-electron chi connectivity index (χ0n) is 11.2.